The van der Waals surface area contributed by atoms with Crippen molar-refractivity contribution in [2.45, 2.75) is 26.7 Å². The molecule has 1 fully saturated rings. The fourth-order valence-electron chi connectivity index (χ4n) is 2.91. The second kappa shape index (κ2) is 7.94. The third kappa shape index (κ3) is 4.21. The van der Waals surface area contributed by atoms with Crippen molar-refractivity contribution in [3.05, 3.63) is 30.1 Å². The normalized spacial score (nSPS) is 17.7. The Morgan fingerprint density at radius 2 is 2.00 bits per heavy atom. The Morgan fingerprint density at radius 1 is 1.30 bits per heavy atom. The van der Waals surface area contributed by atoms with Gasteiger partial charge in [0, 0.05) is 26.2 Å². The van der Waals surface area contributed by atoms with Gasteiger partial charge in [-0.25, -0.2) is 9.18 Å². The van der Waals surface area contributed by atoms with Crippen LogP contribution in [0.2, 0.25) is 0 Å². The minimum atomic E-state index is -0.464. The average Bonchev–Trinajstić information content (AvgIpc) is 2.58. The van der Waals surface area contributed by atoms with Crippen molar-refractivity contribution in [2.24, 2.45) is 5.92 Å². The zero-order valence-corrected chi connectivity index (χ0v) is 13.7. The fourth-order valence-corrected chi connectivity index (χ4v) is 2.91. The third-order valence-electron chi connectivity index (χ3n) is 4.25. The summed E-state index contributed by atoms with van der Waals surface area (Å²) in [5.41, 5.74) is 0.162. The summed E-state index contributed by atoms with van der Waals surface area (Å²) in [7, 11) is 0. The number of benzene rings is 1. The first-order chi connectivity index (χ1) is 11.1. The maximum atomic E-state index is 13.6. The molecule has 0 saturated carbocycles. The number of nitrogens with zero attached hydrogens (tertiary/aromatic N) is 2. The molecule has 1 aliphatic rings. The van der Waals surface area contributed by atoms with Crippen LogP contribution in [0.3, 0.4) is 0 Å². The first-order valence-electron chi connectivity index (χ1n) is 8.16. The molecule has 5 nitrogen and oxygen atoms in total. The van der Waals surface area contributed by atoms with E-state index in [9.17, 15) is 14.0 Å². The van der Waals surface area contributed by atoms with E-state index < -0.39 is 5.82 Å². The van der Waals surface area contributed by atoms with Crippen LogP contribution in [-0.4, -0.2) is 47.9 Å². The number of carbonyl (C=O) groups excluding carboxylic acids is 2. The van der Waals surface area contributed by atoms with Gasteiger partial charge in [0.05, 0.1) is 11.6 Å². The zero-order chi connectivity index (χ0) is 16.8. The van der Waals surface area contributed by atoms with Crippen LogP contribution in [0.5, 0.6) is 0 Å². The molecule has 23 heavy (non-hydrogen) atoms. The highest BCUT2D eigenvalue weighted by atomic mass is 19.1. The quantitative estimate of drug-likeness (QED) is 0.927. The summed E-state index contributed by atoms with van der Waals surface area (Å²) < 4.78 is 13.6. The summed E-state index contributed by atoms with van der Waals surface area (Å²) in [4.78, 5) is 28.2. The number of likely N-dealkylation sites (tertiary alicyclic amines) is 1. The van der Waals surface area contributed by atoms with Crippen LogP contribution in [0.25, 0.3) is 0 Å². The van der Waals surface area contributed by atoms with Crippen molar-refractivity contribution in [3.63, 3.8) is 0 Å². The Kier molecular flexibility index (Phi) is 5.96. The monoisotopic (exact) mass is 321 g/mol. The molecule has 0 radical (unpaired) electrons. The van der Waals surface area contributed by atoms with Gasteiger partial charge >= 0.3 is 6.03 Å². The highest BCUT2D eigenvalue weighted by Gasteiger charge is 2.30. The summed E-state index contributed by atoms with van der Waals surface area (Å²) in [5, 5.41) is 2.58. The molecule has 3 amide bonds. The lowest BCUT2D eigenvalue weighted by atomic mass is 9.96. The number of carbonyl (C=O) groups is 2. The smallest absolute Gasteiger partial charge is 0.321 e. The highest BCUT2D eigenvalue weighted by Crippen LogP contribution is 2.20. The van der Waals surface area contributed by atoms with Crippen molar-refractivity contribution in [3.8, 4) is 0 Å². The van der Waals surface area contributed by atoms with E-state index in [0.29, 0.717) is 26.2 Å². The number of anilines is 1. The van der Waals surface area contributed by atoms with Crippen LogP contribution >= 0.6 is 0 Å². The highest BCUT2D eigenvalue weighted by molar-refractivity contribution is 5.90. The summed E-state index contributed by atoms with van der Waals surface area (Å²) in [6.45, 7) is 6.22. The number of amides is 3. The van der Waals surface area contributed by atoms with Gasteiger partial charge in [-0.3, -0.25) is 4.79 Å². The molecule has 0 bridgehead atoms. The minimum Gasteiger partial charge on any atom is -0.343 e. The third-order valence-corrected chi connectivity index (χ3v) is 4.25. The van der Waals surface area contributed by atoms with Crippen molar-refractivity contribution in [1.82, 2.24) is 9.80 Å². The van der Waals surface area contributed by atoms with E-state index in [2.05, 4.69) is 5.32 Å². The van der Waals surface area contributed by atoms with E-state index in [1.54, 1.807) is 21.9 Å². The maximum absolute atomic E-state index is 13.6. The van der Waals surface area contributed by atoms with E-state index in [-0.39, 0.29) is 23.5 Å². The zero-order valence-electron chi connectivity index (χ0n) is 13.7. The standard InChI is InChI=1S/C17H24FN3O2/c1-3-20(4-2)16(22)13-8-7-11-21(12-13)17(23)19-15-10-6-5-9-14(15)18/h5-6,9-10,13H,3-4,7-8,11-12H2,1-2H3,(H,19,23). The topological polar surface area (TPSA) is 52.7 Å². The molecule has 1 aromatic rings. The second-order valence-corrected chi connectivity index (χ2v) is 5.71. The van der Waals surface area contributed by atoms with Gasteiger partial charge in [0.15, 0.2) is 0 Å². The van der Waals surface area contributed by atoms with Crippen molar-refractivity contribution in [1.29, 1.82) is 0 Å². The molecule has 1 heterocycles. The largest absolute Gasteiger partial charge is 0.343 e. The number of rotatable bonds is 4. The van der Waals surface area contributed by atoms with E-state index in [0.717, 1.165) is 12.8 Å². The number of urea groups is 1. The predicted molar refractivity (Wildman–Crippen MR) is 87.6 cm³/mol. The Bertz CT molecular complexity index is 561. The number of nitrogens with one attached hydrogen (secondary N) is 1. The molecule has 6 heteroatoms. The van der Waals surface area contributed by atoms with Crippen LogP contribution in [-0.2, 0) is 4.79 Å². The van der Waals surface area contributed by atoms with Crippen LogP contribution in [0, 0.1) is 11.7 Å². The van der Waals surface area contributed by atoms with Gasteiger partial charge in [0.2, 0.25) is 5.91 Å². The molecule has 0 aliphatic carbocycles. The number of piperidine rings is 1. The molecule has 1 aliphatic heterocycles. The number of hydrogen-bond acceptors (Lipinski definition) is 2. The first-order valence-corrected chi connectivity index (χ1v) is 8.16. The van der Waals surface area contributed by atoms with Crippen molar-refractivity contribution >= 4 is 17.6 Å². The molecule has 1 N–H and O–H groups in total. The Labute approximate surface area is 136 Å². The summed E-state index contributed by atoms with van der Waals surface area (Å²) >= 11 is 0. The molecular weight excluding hydrogens is 297 g/mol. The summed E-state index contributed by atoms with van der Waals surface area (Å²) in [6, 6.07) is 5.72. The lowest BCUT2D eigenvalue weighted by Crippen LogP contribution is -2.48. The predicted octanol–water partition coefficient (Wildman–Crippen LogP) is 2.94. The number of para-hydroxylation sites is 1. The molecule has 1 atom stereocenters. The van der Waals surface area contributed by atoms with E-state index in [1.165, 1.54) is 12.1 Å². The van der Waals surface area contributed by atoms with Crippen molar-refractivity contribution < 1.29 is 14.0 Å². The van der Waals surface area contributed by atoms with Crippen LogP contribution in [0.1, 0.15) is 26.7 Å². The Balaban J connectivity index is 1.99. The van der Waals surface area contributed by atoms with Gasteiger partial charge in [-0.15, -0.1) is 0 Å². The van der Waals surface area contributed by atoms with Gasteiger partial charge in [0.1, 0.15) is 5.82 Å². The van der Waals surface area contributed by atoms with Crippen LogP contribution < -0.4 is 5.32 Å². The molecular formula is C17H24FN3O2. The summed E-state index contributed by atoms with van der Waals surface area (Å²) in [6.07, 6.45) is 1.57. The second-order valence-electron chi connectivity index (χ2n) is 5.71. The lowest BCUT2D eigenvalue weighted by molar-refractivity contribution is -0.136. The summed E-state index contributed by atoms with van der Waals surface area (Å²) in [5.74, 6) is -0.540. The fraction of sp³-hybridized carbons (Fsp3) is 0.529. The molecule has 2 rings (SSSR count). The van der Waals surface area contributed by atoms with Crippen LogP contribution in [0.15, 0.2) is 24.3 Å². The SMILES string of the molecule is CCN(CC)C(=O)C1CCCN(C(=O)Nc2ccccc2F)C1. The van der Waals surface area contributed by atoms with Crippen LogP contribution in [0.4, 0.5) is 14.9 Å². The van der Waals surface area contributed by atoms with Gasteiger partial charge in [-0.1, -0.05) is 12.1 Å². The molecule has 0 aromatic heterocycles. The Morgan fingerprint density at radius 3 is 2.65 bits per heavy atom. The number of hydrogen-bond donors (Lipinski definition) is 1. The molecule has 1 saturated heterocycles. The van der Waals surface area contributed by atoms with Gasteiger partial charge < -0.3 is 15.1 Å². The van der Waals surface area contributed by atoms with E-state index >= 15 is 0 Å². The molecule has 126 valence electrons. The molecule has 1 aromatic carbocycles. The van der Waals surface area contributed by atoms with Gasteiger partial charge in [-0.2, -0.15) is 0 Å². The average molecular weight is 321 g/mol. The van der Waals surface area contributed by atoms with Gasteiger partial charge in [-0.05, 0) is 38.8 Å². The van der Waals surface area contributed by atoms with Crippen molar-refractivity contribution in [2.75, 3.05) is 31.5 Å². The number of halogens is 1. The van der Waals surface area contributed by atoms with Gasteiger partial charge in [0.25, 0.3) is 0 Å². The minimum absolute atomic E-state index is 0.0957. The van der Waals surface area contributed by atoms with E-state index in [4.69, 9.17) is 0 Å². The first kappa shape index (κ1) is 17.2. The molecule has 0 spiro atoms. The lowest BCUT2D eigenvalue weighted by Gasteiger charge is -2.34. The molecule has 1 unspecified atom stereocenters. The maximum Gasteiger partial charge on any atom is 0.321 e. The van der Waals surface area contributed by atoms with E-state index in [1.807, 2.05) is 13.8 Å². The Hall–Kier alpha value is -2.11.